The molecule has 0 N–H and O–H groups in total. The first-order valence-electron chi connectivity index (χ1n) is 9.30. The first-order valence-corrected chi connectivity index (χ1v) is 9.68. The van der Waals surface area contributed by atoms with Crippen molar-refractivity contribution in [2.75, 3.05) is 20.6 Å². The Morgan fingerprint density at radius 3 is 2.38 bits per heavy atom. The number of nitrogens with zero attached hydrogens (tertiary/aromatic N) is 4. The molecule has 150 valence electrons. The van der Waals surface area contributed by atoms with E-state index < -0.39 is 0 Å². The molecule has 0 unspecified atom stereocenters. The lowest BCUT2D eigenvalue weighted by Crippen LogP contribution is -2.30. The fourth-order valence-corrected chi connectivity index (χ4v) is 3.11. The summed E-state index contributed by atoms with van der Waals surface area (Å²) in [6, 6.07) is 16.3. The number of hydrogen-bond donors (Lipinski definition) is 0. The van der Waals surface area contributed by atoms with E-state index in [-0.39, 0.29) is 11.8 Å². The SMILES string of the molecule is CCN(Cc1ccc(C(=O)N(C)C)cc1)C(=O)c1ccn(-c2cccc(Cl)c2)n1. The molecule has 2 aromatic carbocycles. The van der Waals surface area contributed by atoms with Crippen molar-refractivity contribution in [1.82, 2.24) is 19.6 Å². The van der Waals surface area contributed by atoms with Crippen LogP contribution in [0.1, 0.15) is 33.3 Å². The smallest absolute Gasteiger partial charge is 0.274 e. The van der Waals surface area contributed by atoms with E-state index in [1.807, 2.05) is 31.2 Å². The molecule has 29 heavy (non-hydrogen) atoms. The number of carbonyl (C=O) groups excluding carboxylic acids is 2. The van der Waals surface area contributed by atoms with Gasteiger partial charge in [0.25, 0.3) is 11.8 Å². The fourth-order valence-electron chi connectivity index (χ4n) is 2.92. The van der Waals surface area contributed by atoms with Gasteiger partial charge in [0.1, 0.15) is 0 Å². The summed E-state index contributed by atoms with van der Waals surface area (Å²) in [6.07, 6.45) is 1.74. The van der Waals surface area contributed by atoms with Gasteiger partial charge in [-0.15, -0.1) is 0 Å². The predicted molar refractivity (Wildman–Crippen MR) is 113 cm³/mol. The van der Waals surface area contributed by atoms with Crippen molar-refractivity contribution in [1.29, 1.82) is 0 Å². The van der Waals surface area contributed by atoms with Crippen LogP contribution in [-0.4, -0.2) is 52.0 Å². The molecule has 0 saturated carbocycles. The van der Waals surface area contributed by atoms with E-state index >= 15 is 0 Å². The van der Waals surface area contributed by atoms with Gasteiger partial charge in [-0.1, -0.05) is 29.8 Å². The number of hydrogen-bond acceptors (Lipinski definition) is 3. The quantitative estimate of drug-likeness (QED) is 0.619. The standard InChI is InChI=1S/C22H23ClN4O2/c1-4-26(15-16-8-10-17(11-9-16)21(28)25(2)3)22(29)20-12-13-27(24-20)19-7-5-6-18(23)14-19/h5-14H,4,15H2,1-3H3. The topological polar surface area (TPSA) is 58.4 Å². The summed E-state index contributed by atoms with van der Waals surface area (Å²) in [5.74, 6) is -0.201. The number of carbonyl (C=O) groups is 2. The molecule has 0 bridgehead atoms. The van der Waals surface area contributed by atoms with Gasteiger partial charge in [0.05, 0.1) is 5.69 Å². The van der Waals surface area contributed by atoms with E-state index in [4.69, 9.17) is 11.6 Å². The second-order valence-electron chi connectivity index (χ2n) is 6.84. The Kier molecular flexibility index (Phi) is 6.34. The number of amides is 2. The van der Waals surface area contributed by atoms with E-state index in [9.17, 15) is 9.59 Å². The molecule has 0 saturated heterocycles. The maximum atomic E-state index is 12.9. The summed E-state index contributed by atoms with van der Waals surface area (Å²) in [7, 11) is 3.44. The minimum atomic E-state index is -0.151. The van der Waals surface area contributed by atoms with Crippen LogP contribution in [0.4, 0.5) is 0 Å². The summed E-state index contributed by atoms with van der Waals surface area (Å²) in [4.78, 5) is 28.2. The Hall–Kier alpha value is -3.12. The van der Waals surface area contributed by atoms with Gasteiger partial charge in [-0.25, -0.2) is 4.68 Å². The molecule has 1 heterocycles. The lowest BCUT2D eigenvalue weighted by Gasteiger charge is -2.20. The Balaban J connectivity index is 1.73. The number of rotatable bonds is 6. The van der Waals surface area contributed by atoms with Gasteiger partial charge < -0.3 is 9.80 Å². The van der Waals surface area contributed by atoms with Crippen LogP contribution < -0.4 is 0 Å². The van der Waals surface area contributed by atoms with Crippen molar-refractivity contribution < 1.29 is 9.59 Å². The van der Waals surface area contributed by atoms with Gasteiger partial charge in [-0.05, 0) is 48.9 Å². The van der Waals surface area contributed by atoms with Crippen molar-refractivity contribution in [2.24, 2.45) is 0 Å². The average molecular weight is 411 g/mol. The zero-order valence-corrected chi connectivity index (χ0v) is 17.4. The molecule has 0 fully saturated rings. The fraction of sp³-hybridized carbons (Fsp3) is 0.227. The van der Waals surface area contributed by atoms with E-state index in [1.54, 1.807) is 60.2 Å². The first-order chi connectivity index (χ1) is 13.9. The number of aromatic nitrogens is 2. The molecule has 0 aliphatic carbocycles. The third-order valence-corrected chi connectivity index (χ3v) is 4.77. The van der Waals surface area contributed by atoms with Crippen LogP contribution in [0.2, 0.25) is 5.02 Å². The van der Waals surface area contributed by atoms with Gasteiger partial charge in [0.15, 0.2) is 5.69 Å². The summed E-state index contributed by atoms with van der Waals surface area (Å²) >= 11 is 6.04. The normalized spacial score (nSPS) is 10.6. The zero-order chi connectivity index (χ0) is 21.0. The molecule has 0 atom stereocenters. The Morgan fingerprint density at radius 1 is 1.03 bits per heavy atom. The Bertz CT molecular complexity index is 1010. The maximum absolute atomic E-state index is 12.9. The van der Waals surface area contributed by atoms with Crippen LogP contribution in [0.5, 0.6) is 0 Å². The number of halogens is 1. The van der Waals surface area contributed by atoms with Crippen LogP contribution in [-0.2, 0) is 6.54 Å². The highest BCUT2D eigenvalue weighted by atomic mass is 35.5. The third kappa shape index (κ3) is 4.84. The lowest BCUT2D eigenvalue weighted by molar-refractivity contribution is 0.0745. The van der Waals surface area contributed by atoms with Crippen molar-refractivity contribution in [2.45, 2.75) is 13.5 Å². The maximum Gasteiger partial charge on any atom is 0.274 e. The molecule has 0 spiro atoms. The third-order valence-electron chi connectivity index (χ3n) is 4.53. The minimum absolute atomic E-state index is 0.0495. The highest BCUT2D eigenvalue weighted by Crippen LogP contribution is 2.16. The van der Waals surface area contributed by atoms with Gasteiger partial charge in [-0.2, -0.15) is 5.10 Å². The number of benzene rings is 2. The van der Waals surface area contributed by atoms with Gasteiger partial charge in [-0.3, -0.25) is 9.59 Å². The van der Waals surface area contributed by atoms with Crippen LogP contribution >= 0.6 is 11.6 Å². The predicted octanol–water partition coefficient (Wildman–Crippen LogP) is 3.89. The molecule has 0 radical (unpaired) electrons. The molecular weight excluding hydrogens is 388 g/mol. The molecule has 3 aromatic rings. The van der Waals surface area contributed by atoms with Gasteiger partial charge in [0, 0.05) is 44.0 Å². The Morgan fingerprint density at radius 2 is 1.76 bits per heavy atom. The van der Waals surface area contributed by atoms with Crippen LogP contribution in [0.3, 0.4) is 0 Å². The van der Waals surface area contributed by atoms with Gasteiger partial charge >= 0.3 is 0 Å². The largest absolute Gasteiger partial charge is 0.345 e. The lowest BCUT2D eigenvalue weighted by atomic mass is 10.1. The van der Waals surface area contributed by atoms with E-state index in [2.05, 4.69) is 5.10 Å². The van der Waals surface area contributed by atoms with E-state index in [0.717, 1.165) is 11.3 Å². The summed E-state index contributed by atoms with van der Waals surface area (Å²) in [6.45, 7) is 2.91. The summed E-state index contributed by atoms with van der Waals surface area (Å²) in [5.41, 5.74) is 2.73. The monoisotopic (exact) mass is 410 g/mol. The Labute approximate surface area is 175 Å². The molecule has 2 amide bonds. The second-order valence-corrected chi connectivity index (χ2v) is 7.28. The summed E-state index contributed by atoms with van der Waals surface area (Å²) in [5, 5.41) is 5.01. The van der Waals surface area contributed by atoms with Crippen LogP contribution in [0, 0.1) is 0 Å². The molecule has 3 rings (SSSR count). The molecular formula is C22H23ClN4O2. The van der Waals surface area contributed by atoms with Crippen molar-refractivity contribution in [3.8, 4) is 5.69 Å². The summed E-state index contributed by atoms with van der Waals surface area (Å²) < 4.78 is 1.63. The molecule has 0 aliphatic rings. The average Bonchev–Trinajstić information content (AvgIpc) is 3.21. The minimum Gasteiger partial charge on any atom is -0.345 e. The molecule has 6 nitrogen and oxygen atoms in total. The van der Waals surface area contributed by atoms with Crippen molar-refractivity contribution in [3.05, 3.63) is 82.6 Å². The van der Waals surface area contributed by atoms with Crippen molar-refractivity contribution in [3.63, 3.8) is 0 Å². The molecule has 0 aliphatic heterocycles. The second kappa shape index (κ2) is 8.92. The zero-order valence-electron chi connectivity index (χ0n) is 16.7. The van der Waals surface area contributed by atoms with Crippen LogP contribution in [0.15, 0.2) is 60.8 Å². The van der Waals surface area contributed by atoms with E-state index in [0.29, 0.717) is 29.4 Å². The highest BCUT2D eigenvalue weighted by Gasteiger charge is 2.18. The first kappa shape index (κ1) is 20.6. The molecule has 7 heteroatoms. The van der Waals surface area contributed by atoms with Crippen molar-refractivity contribution >= 4 is 23.4 Å². The van der Waals surface area contributed by atoms with Gasteiger partial charge in [0.2, 0.25) is 0 Å². The van der Waals surface area contributed by atoms with E-state index in [1.165, 1.54) is 4.90 Å². The molecule has 1 aromatic heterocycles. The van der Waals surface area contributed by atoms with Crippen LogP contribution in [0.25, 0.3) is 5.69 Å². The highest BCUT2D eigenvalue weighted by molar-refractivity contribution is 6.30.